The van der Waals surface area contributed by atoms with Crippen LogP contribution in [0.4, 0.5) is 10.2 Å². The number of allylic oxidation sites excluding steroid dienone is 3. The van der Waals surface area contributed by atoms with Gasteiger partial charge in [0.1, 0.15) is 23.7 Å². The van der Waals surface area contributed by atoms with Gasteiger partial charge in [0, 0.05) is 24.6 Å². The van der Waals surface area contributed by atoms with Gasteiger partial charge >= 0.3 is 0 Å². The van der Waals surface area contributed by atoms with Gasteiger partial charge in [0.25, 0.3) is 0 Å². The number of rotatable bonds is 6. The summed E-state index contributed by atoms with van der Waals surface area (Å²) in [6.07, 6.45) is 3.16. The van der Waals surface area contributed by atoms with Gasteiger partial charge in [-0.05, 0) is 12.5 Å². The molecule has 0 aromatic carbocycles. The number of ether oxygens (including phenoxy) is 1. The molecule has 2 rings (SSSR count). The van der Waals surface area contributed by atoms with Gasteiger partial charge in [-0.2, -0.15) is 0 Å². The molecular formula is C17H19FN4O3. The van der Waals surface area contributed by atoms with Crippen LogP contribution < -0.4 is 10.6 Å². The van der Waals surface area contributed by atoms with Gasteiger partial charge in [0.15, 0.2) is 0 Å². The molecule has 8 heteroatoms. The van der Waals surface area contributed by atoms with E-state index in [2.05, 4.69) is 33.8 Å². The Hall–Kier alpha value is -3.03. The Bertz CT molecular complexity index is 735. The van der Waals surface area contributed by atoms with Gasteiger partial charge in [0.2, 0.25) is 11.8 Å². The number of methoxy groups -OCH3 is 1. The number of halogens is 1. The van der Waals surface area contributed by atoms with Crippen molar-refractivity contribution in [1.82, 2.24) is 15.3 Å². The van der Waals surface area contributed by atoms with Crippen molar-refractivity contribution in [2.45, 2.75) is 12.8 Å². The number of piperidine rings is 1. The zero-order valence-corrected chi connectivity index (χ0v) is 13.8. The number of carbonyl (C=O) groups excluding carboxylic acids is 2. The van der Waals surface area contributed by atoms with E-state index in [9.17, 15) is 14.0 Å². The third-order valence-electron chi connectivity index (χ3n) is 3.68. The molecule has 2 heterocycles. The maximum atomic E-state index is 13.2. The molecule has 1 aromatic heterocycles. The second-order valence-corrected chi connectivity index (χ2v) is 5.45. The molecule has 0 aliphatic carbocycles. The highest BCUT2D eigenvalue weighted by Crippen LogP contribution is 2.24. The predicted octanol–water partition coefficient (Wildman–Crippen LogP) is 1.97. The number of amides is 2. The predicted molar refractivity (Wildman–Crippen MR) is 90.8 cm³/mol. The van der Waals surface area contributed by atoms with Crippen LogP contribution in [-0.4, -0.2) is 35.4 Å². The highest BCUT2D eigenvalue weighted by Gasteiger charge is 2.24. The van der Waals surface area contributed by atoms with Crippen molar-refractivity contribution in [3.05, 3.63) is 48.9 Å². The number of hydrogen-bond donors (Lipinski definition) is 2. The third kappa shape index (κ3) is 4.97. The van der Waals surface area contributed by atoms with Gasteiger partial charge < -0.3 is 15.4 Å². The molecule has 0 radical (unpaired) electrons. The average Bonchev–Trinajstić information content (AvgIpc) is 2.59. The van der Waals surface area contributed by atoms with Crippen LogP contribution >= 0.6 is 0 Å². The van der Waals surface area contributed by atoms with E-state index < -0.39 is 5.83 Å². The Balaban J connectivity index is 2.17. The summed E-state index contributed by atoms with van der Waals surface area (Å²) in [5.41, 5.74) is 0.616. The Morgan fingerprint density at radius 2 is 2.24 bits per heavy atom. The van der Waals surface area contributed by atoms with Crippen molar-refractivity contribution < 1.29 is 18.7 Å². The quantitative estimate of drug-likeness (QED) is 0.607. The highest BCUT2D eigenvalue weighted by atomic mass is 19.1. The maximum absolute atomic E-state index is 13.2. The van der Waals surface area contributed by atoms with E-state index in [0.29, 0.717) is 18.5 Å². The molecule has 2 amide bonds. The summed E-state index contributed by atoms with van der Waals surface area (Å²) in [5.74, 6) is -0.875. The molecule has 25 heavy (non-hydrogen) atoms. The lowest BCUT2D eigenvalue weighted by atomic mass is 9.98. The van der Waals surface area contributed by atoms with E-state index in [1.54, 1.807) is 0 Å². The molecule has 132 valence electrons. The van der Waals surface area contributed by atoms with E-state index in [1.165, 1.54) is 19.5 Å². The van der Waals surface area contributed by atoms with E-state index in [1.807, 2.05) is 0 Å². The largest absolute Gasteiger partial charge is 0.497 e. The van der Waals surface area contributed by atoms with Gasteiger partial charge in [-0.15, -0.1) is 0 Å². The molecule has 1 aliphatic heterocycles. The maximum Gasteiger partial charge on any atom is 0.230 e. The number of carbonyl (C=O) groups is 2. The number of nitrogens with one attached hydrogen (secondary N) is 2. The minimum Gasteiger partial charge on any atom is -0.497 e. The molecule has 1 atom stereocenters. The second kappa shape index (κ2) is 8.18. The summed E-state index contributed by atoms with van der Waals surface area (Å²) in [6, 6.07) is 1.48. The summed E-state index contributed by atoms with van der Waals surface area (Å²) in [4.78, 5) is 31.5. The molecule has 0 saturated carbocycles. The fourth-order valence-electron chi connectivity index (χ4n) is 2.32. The van der Waals surface area contributed by atoms with Crippen molar-refractivity contribution in [2.24, 2.45) is 5.92 Å². The Labute approximate surface area is 144 Å². The molecule has 2 N–H and O–H groups in total. The van der Waals surface area contributed by atoms with Gasteiger partial charge in [-0.3, -0.25) is 9.59 Å². The van der Waals surface area contributed by atoms with Crippen LogP contribution in [0.3, 0.4) is 0 Å². The number of aromatic nitrogens is 2. The molecule has 0 spiro atoms. The van der Waals surface area contributed by atoms with Gasteiger partial charge in [-0.1, -0.05) is 13.2 Å². The fraction of sp³-hybridized carbons (Fsp3) is 0.294. The van der Waals surface area contributed by atoms with Crippen molar-refractivity contribution >= 4 is 23.2 Å². The molecule has 1 aliphatic rings. The van der Waals surface area contributed by atoms with Crippen LogP contribution in [0.25, 0.3) is 5.57 Å². The van der Waals surface area contributed by atoms with Crippen LogP contribution in [0.15, 0.2) is 43.2 Å². The first-order valence-electron chi connectivity index (χ1n) is 7.60. The van der Waals surface area contributed by atoms with Crippen LogP contribution in [-0.2, 0) is 14.3 Å². The third-order valence-corrected chi connectivity index (χ3v) is 3.68. The number of hydrogen-bond acceptors (Lipinski definition) is 5. The molecule has 7 nitrogen and oxygen atoms in total. The standard InChI is InChI=1S/C17H19FN4O3/c1-10(18)6-13(11(2)25-3)14-7-15(21-9-20-14)22-17(24)12-4-5-16(23)19-8-12/h6-7,9,12H,1-2,4-5,8H2,3H3,(H,19,23)(H,20,21,22,24)/b13-6+. The highest BCUT2D eigenvalue weighted by molar-refractivity contribution is 5.93. The van der Waals surface area contributed by atoms with E-state index in [4.69, 9.17) is 4.74 Å². The zero-order valence-electron chi connectivity index (χ0n) is 13.8. The first-order valence-corrected chi connectivity index (χ1v) is 7.60. The topological polar surface area (TPSA) is 93.2 Å². The Morgan fingerprint density at radius 3 is 2.84 bits per heavy atom. The summed E-state index contributed by atoms with van der Waals surface area (Å²) in [6.45, 7) is 7.16. The van der Waals surface area contributed by atoms with Crippen LogP contribution in [0.1, 0.15) is 18.5 Å². The lowest BCUT2D eigenvalue weighted by molar-refractivity contribution is -0.126. The SMILES string of the molecule is C=C(F)/C=C(\C(=C)OC)c1cc(NC(=O)C2CCC(=O)NC2)ncn1. The smallest absolute Gasteiger partial charge is 0.230 e. The van der Waals surface area contributed by atoms with Gasteiger partial charge in [-0.25, -0.2) is 14.4 Å². The van der Waals surface area contributed by atoms with Gasteiger partial charge in [0.05, 0.1) is 18.7 Å². The second-order valence-electron chi connectivity index (χ2n) is 5.45. The summed E-state index contributed by atoms with van der Waals surface area (Å²) in [5, 5.41) is 5.33. The number of nitrogens with zero attached hydrogens (tertiary/aromatic N) is 2. The van der Waals surface area contributed by atoms with Crippen LogP contribution in [0.5, 0.6) is 0 Å². The van der Waals surface area contributed by atoms with Crippen LogP contribution in [0, 0.1) is 5.92 Å². The van der Waals surface area contributed by atoms with Crippen molar-refractivity contribution in [1.29, 1.82) is 0 Å². The lowest BCUT2D eigenvalue weighted by Crippen LogP contribution is -2.40. The molecule has 0 bridgehead atoms. The van der Waals surface area contributed by atoms with E-state index in [0.717, 1.165) is 6.08 Å². The lowest BCUT2D eigenvalue weighted by Gasteiger charge is -2.21. The van der Waals surface area contributed by atoms with Crippen LogP contribution in [0.2, 0.25) is 0 Å². The molecular weight excluding hydrogens is 327 g/mol. The monoisotopic (exact) mass is 346 g/mol. The molecule has 1 saturated heterocycles. The Morgan fingerprint density at radius 1 is 1.48 bits per heavy atom. The normalized spacial score (nSPS) is 17.4. The minimum absolute atomic E-state index is 0.0623. The van der Waals surface area contributed by atoms with E-state index in [-0.39, 0.29) is 41.4 Å². The molecule has 1 aromatic rings. The average molecular weight is 346 g/mol. The van der Waals surface area contributed by atoms with Crippen molar-refractivity contribution in [2.75, 3.05) is 19.0 Å². The summed E-state index contributed by atoms with van der Waals surface area (Å²) in [7, 11) is 1.40. The molecule has 1 fully saturated rings. The summed E-state index contributed by atoms with van der Waals surface area (Å²) >= 11 is 0. The Kier molecular flexibility index (Phi) is 5.99. The first-order chi connectivity index (χ1) is 11.9. The van der Waals surface area contributed by atoms with E-state index >= 15 is 0 Å². The summed E-state index contributed by atoms with van der Waals surface area (Å²) < 4.78 is 18.2. The minimum atomic E-state index is -0.685. The van der Waals surface area contributed by atoms with Crippen molar-refractivity contribution in [3.63, 3.8) is 0 Å². The fourth-order valence-corrected chi connectivity index (χ4v) is 2.32. The number of anilines is 1. The molecule has 1 unspecified atom stereocenters. The zero-order chi connectivity index (χ0) is 18.4. The van der Waals surface area contributed by atoms with Crippen molar-refractivity contribution in [3.8, 4) is 0 Å². The first kappa shape index (κ1) is 18.3.